The molecule has 2 amide bonds. The van der Waals surface area contributed by atoms with Crippen LogP contribution in [0.4, 0.5) is 5.69 Å². The summed E-state index contributed by atoms with van der Waals surface area (Å²) in [6.07, 6.45) is 0.848. The van der Waals surface area contributed by atoms with Gasteiger partial charge in [0.05, 0.1) is 0 Å². The largest absolute Gasteiger partial charge is 0.341 e. The van der Waals surface area contributed by atoms with E-state index in [9.17, 15) is 9.59 Å². The Labute approximate surface area is 136 Å². The van der Waals surface area contributed by atoms with Crippen LogP contribution >= 0.6 is 0 Å². The molecule has 2 unspecified atom stereocenters. The average Bonchev–Trinajstić information content (AvgIpc) is 2.90. The number of anilines is 1. The van der Waals surface area contributed by atoms with E-state index >= 15 is 0 Å². The maximum Gasteiger partial charge on any atom is 0.251 e. The van der Waals surface area contributed by atoms with Crippen molar-refractivity contribution in [1.29, 1.82) is 0 Å². The summed E-state index contributed by atoms with van der Waals surface area (Å²) in [5, 5.41) is 2.79. The van der Waals surface area contributed by atoms with Crippen LogP contribution in [0.3, 0.4) is 0 Å². The maximum atomic E-state index is 12.8. The third-order valence-corrected chi connectivity index (χ3v) is 4.20. The summed E-state index contributed by atoms with van der Waals surface area (Å²) in [6, 6.07) is 16.4. The van der Waals surface area contributed by atoms with Crippen molar-refractivity contribution in [3.63, 3.8) is 0 Å². The summed E-state index contributed by atoms with van der Waals surface area (Å²) < 4.78 is 0. The Hall–Kier alpha value is -2.62. The van der Waals surface area contributed by atoms with E-state index in [1.54, 1.807) is 36.1 Å². The van der Waals surface area contributed by atoms with E-state index in [2.05, 4.69) is 5.32 Å². The number of carbonyl (C=O) groups is 2. The number of hydrogen-bond donors (Lipinski definition) is 1. The van der Waals surface area contributed by atoms with Crippen molar-refractivity contribution < 1.29 is 9.59 Å². The zero-order valence-electron chi connectivity index (χ0n) is 13.3. The highest BCUT2D eigenvalue weighted by Gasteiger charge is 2.33. The van der Waals surface area contributed by atoms with E-state index in [1.165, 1.54) is 5.56 Å². The summed E-state index contributed by atoms with van der Waals surface area (Å²) in [7, 11) is 0. The molecule has 4 nitrogen and oxygen atoms in total. The molecule has 118 valence electrons. The van der Waals surface area contributed by atoms with E-state index in [-0.39, 0.29) is 17.9 Å². The van der Waals surface area contributed by atoms with E-state index in [0.29, 0.717) is 5.56 Å². The number of hydrogen-bond acceptors (Lipinski definition) is 2. The molecule has 3 rings (SSSR count). The predicted molar refractivity (Wildman–Crippen MR) is 90.5 cm³/mol. The van der Waals surface area contributed by atoms with Gasteiger partial charge in [0.1, 0.15) is 6.04 Å². The minimum Gasteiger partial charge on any atom is -0.341 e. The zero-order chi connectivity index (χ0) is 16.4. The standard InChI is InChI=1S/C19H20N2O2/c1-13-12-16-10-6-7-11-17(16)21(13)19(23)14(2)20-18(22)15-8-4-3-5-9-15/h3-11,13-14H,12H2,1-2H3,(H,20,22). The first-order valence-corrected chi connectivity index (χ1v) is 7.85. The van der Waals surface area contributed by atoms with E-state index in [0.717, 1.165) is 12.1 Å². The number of para-hydroxylation sites is 1. The molecule has 1 aliphatic rings. The molecule has 4 heteroatoms. The van der Waals surface area contributed by atoms with Crippen molar-refractivity contribution >= 4 is 17.5 Å². The van der Waals surface area contributed by atoms with Gasteiger partial charge in [-0.3, -0.25) is 9.59 Å². The highest BCUT2D eigenvalue weighted by atomic mass is 16.2. The molecule has 1 heterocycles. The van der Waals surface area contributed by atoms with Gasteiger partial charge in [-0.05, 0) is 44.0 Å². The molecule has 0 bridgehead atoms. The number of benzene rings is 2. The zero-order valence-corrected chi connectivity index (χ0v) is 13.3. The number of nitrogens with zero attached hydrogens (tertiary/aromatic N) is 1. The van der Waals surface area contributed by atoms with Crippen LogP contribution in [0, 0.1) is 0 Å². The third kappa shape index (κ3) is 2.97. The quantitative estimate of drug-likeness (QED) is 0.948. The normalized spacial score (nSPS) is 17.5. The van der Waals surface area contributed by atoms with E-state index in [4.69, 9.17) is 0 Å². The van der Waals surface area contributed by atoms with Gasteiger partial charge in [0.2, 0.25) is 5.91 Å². The number of rotatable bonds is 3. The van der Waals surface area contributed by atoms with Gasteiger partial charge < -0.3 is 10.2 Å². The lowest BCUT2D eigenvalue weighted by atomic mass is 10.1. The number of fused-ring (bicyclic) bond motifs is 1. The summed E-state index contributed by atoms with van der Waals surface area (Å²) in [6.45, 7) is 3.76. The van der Waals surface area contributed by atoms with Crippen LogP contribution in [-0.4, -0.2) is 23.9 Å². The SMILES string of the molecule is CC(NC(=O)c1ccccc1)C(=O)N1c2ccccc2CC1C. The number of carbonyl (C=O) groups excluding carboxylic acids is 2. The Bertz CT molecular complexity index is 727. The van der Waals surface area contributed by atoms with Crippen molar-refractivity contribution in [2.24, 2.45) is 0 Å². The number of amides is 2. The Morgan fingerprint density at radius 2 is 1.74 bits per heavy atom. The molecular formula is C19H20N2O2. The molecule has 0 saturated heterocycles. The molecule has 0 fully saturated rings. The van der Waals surface area contributed by atoms with Crippen LogP contribution in [-0.2, 0) is 11.2 Å². The predicted octanol–water partition coefficient (Wildman–Crippen LogP) is 2.78. The molecular weight excluding hydrogens is 288 g/mol. The molecule has 23 heavy (non-hydrogen) atoms. The van der Waals surface area contributed by atoms with Crippen LogP contribution in [0.25, 0.3) is 0 Å². The van der Waals surface area contributed by atoms with E-state index < -0.39 is 6.04 Å². The van der Waals surface area contributed by atoms with Crippen LogP contribution in [0.1, 0.15) is 29.8 Å². The van der Waals surface area contributed by atoms with Gasteiger partial charge in [-0.2, -0.15) is 0 Å². The van der Waals surface area contributed by atoms with Crippen LogP contribution < -0.4 is 10.2 Å². The van der Waals surface area contributed by atoms with Crippen molar-refractivity contribution in [3.8, 4) is 0 Å². The minimum atomic E-state index is -0.573. The first-order valence-electron chi connectivity index (χ1n) is 7.85. The molecule has 2 aromatic rings. The Morgan fingerprint density at radius 1 is 1.09 bits per heavy atom. The lowest BCUT2D eigenvalue weighted by molar-refractivity contribution is -0.120. The second kappa shape index (κ2) is 6.24. The second-order valence-corrected chi connectivity index (χ2v) is 5.95. The van der Waals surface area contributed by atoms with Gasteiger partial charge in [-0.15, -0.1) is 0 Å². The van der Waals surface area contributed by atoms with Gasteiger partial charge >= 0.3 is 0 Å². The molecule has 2 aromatic carbocycles. The lowest BCUT2D eigenvalue weighted by Gasteiger charge is -2.26. The highest BCUT2D eigenvalue weighted by molar-refractivity contribution is 6.03. The fourth-order valence-electron chi connectivity index (χ4n) is 3.04. The maximum absolute atomic E-state index is 12.8. The Morgan fingerprint density at radius 3 is 2.48 bits per heavy atom. The Kier molecular flexibility index (Phi) is 4.15. The number of nitrogens with one attached hydrogen (secondary N) is 1. The molecule has 1 aliphatic heterocycles. The minimum absolute atomic E-state index is 0.0771. The smallest absolute Gasteiger partial charge is 0.251 e. The first kappa shape index (κ1) is 15.3. The lowest BCUT2D eigenvalue weighted by Crippen LogP contribution is -2.49. The van der Waals surface area contributed by atoms with Gasteiger partial charge in [0.25, 0.3) is 5.91 Å². The van der Waals surface area contributed by atoms with Crippen molar-refractivity contribution in [3.05, 3.63) is 65.7 Å². The van der Waals surface area contributed by atoms with Crippen molar-refractivity contribution in [2.75, 3.05) is 4.90 Å². The highest BCUT2D eigenvalue weighted by Crippen LogP contribution is 2.32. The third-order valence-electron chi connectivity index (χ3n) is 4.20. The molecule has 1 N–H and O–H groups in total. The summed E-state index contributed by atoms with van der Waals surface area (Å²) in [5.41, 5.74) is 2.68. The fourth-order valence-corrected chi connectivity index (χ4v) is 3.04. The molecule has 0 aliphatic carbocycles. The van der Waals surface area contributed by atoms with Gasteiger partial charge in [-0.1, -0.05) is 36.4 Å². The monoisotopic (exact) mass is 308 g/mol. The van der Waals surface area contributed by atoms with Crippen LogP contribution in [0.5, 0.6) is 0 Å². The topological polar surface area (TPSA) is 49.4 Å². The van der Waals surface area contributed by atoms with Gasteiger partial charge in [-0.25, -0.2) is 0 Å². The second-order valence-electron chi connectivity index (χ2n) is 5.95. The molecule has 0 aromatic heterocycles. The fraction of sp³-hybridized carbons (Fsp3) is 0.263. The van der Waals surface area contributed by atoms with Crippen molar-refractivity contribution in [1.82, 2.24) is 5.32 Å². The van der Waals surface area contributed by atoms with Gasteiger partial charge in [0.15, 0.2) is 0 Å². The molecule has 2 atom stereocenters. The average molecular weight is 308 g/mol. The van der Waals surface area contributed by atoms with Crippen LogP contribution in [0.15, 0.2) is 54.6 Å². The van der Waals surface area contributed by atoms with Gasteiger partial charge in [0, 0.05) is 17.3 Å². The van der Waals surface area contributed by atoms with Crippen molar-refractivity contribution in [2.45, 2.75) is 32.4 Å². The van der Waals surface area contributed by atoms with Crippen LogP contribution in [0.2, 0.25) is 0 Å². The Balaban J connectivity index is 1.74. The first-order chi connectivity index (χ1) is 11.1. The molecule has 0 spiro atoms. The molecule has 0 saturated carbocycles. The molecule has 0 radical (unpaired) electrons. The summed E-state index contributed by atoms with van der Waals surface area (Å²) >= 11 is 0. The summed E-state index contributed by atoms with van der Waals surface area (Å²) in [5.74, 6) is -0.307. The summed E-state index contributed by atoms with van der Waals surface area (Å²) in [4.78, 5) is 26.8. The van der Waals surface area contributed by atoms with E-state index in [1.807, 2.05) is 37.3 Å².